The molecule has 0 aliphatic rings. The van der Waals surface area contributed by atoms with Gasteiger partial charge < -0.3 is 0 Å². The number of anilines is 1. The number of alkyl halides is 3. The fourth-order valence-corrected chi connectivity index (χ4v) is 4.51. The summed E-state index contributed by atoms with van der Waals surface area (Å²) >= 11 is 1.03. The maximum absolute atomic E-state index is 13.0. The molecule has 25 heavy (non-hydrogen) atoms. The second-order valence-corrected chi connectivity index (χ2v) is 8.35. The van der Waals surface area contributed by atoms with Gasteiger partial charge >= 0.3 is 6.18 Å². The van der Waals surface area contributed by atoms with E-state index in [2.05, 4.69) is 9.82 Å². The highest BCUT2D eigenvalue weighted by Crippen LogP contribution is 2.34. The maximum Gasteiger partial charge on any atom is 0.416 e. The molecule has 1 aromatic carbocycles. The zero-order chi connectivity index (χ0) is 18.2. The largest absolute Gasteiger partial charge is 0.416 e. The van der Waals surface area contributed by atoms with Crippen LogP contribution in [0.1, 0.15) is 10.4 Å². The van der Waals surface area contributed by atoms with Crippen molar-refractivity contribution >= 4 is 27.0 Å². The standard InChI is InChI=1S/C15H12F3N3O2S2/c1-10-3-6-14(24-10)25(22,23)20-12-9-11(15(16,17)18)4-5-13(12)21-8-2-7-19-21/h2-9,20H,1H3. The number of hydrogen-bond donors (Lipinski definition) is 1. The molecule has 0 saturated heterocycles. The number of nitrogens with zero attached hydrogens (tertiary/aromatic N) is 2. The third-order valence-corrected chi connectivity index (χ3v) is 6.16. The van der Waals surface area contributed by atoms with E-state index in [1.165, 1.54) is 29.2 Å². The Morgan fingerprint density at radius 3 is 2.52 bits per heavy atom. The van der Waals surface area contributed by atoms with Gasteiger partial charge in [0.25, 0.3) is 10.0 Å². The predicted octanol–water partition coefficient (Wildman–Crippen LogP) is 4.06. The average molecular weight is 387 g/mol. The van der Waals surface area contributed by atoms with E-state index in [0.717, 1.165) is 28.3 Å². The molecule has 0 spiro atoms. The van der Waals surface area contributed by atoms with Crippen molar-refractivity contribution in [2.75, 3.05) is 4.72 Å². The predicted molar refractivity (Wildman–Crippen MR) is 88.4 cm³/mol. The number of thiophene rings is 1. The van der Waals surface area contributed by atoms with Gasteiger partial charge in [0, 0.05) is 17.3 Å². The number of nitrogens with one attached hydrogen (secondary N) is 1. The molecule has 0 unspecified atom stereocenters. The van der Waals surface area contributed by atoms with Crippen LogP contribution in [0, 0.1) is 6.92 Å². The van der Waals surface area contributed by atoms with Crippen LogP contribution < -0.4 is 4.72 Å². The molecule has 0 saturated carbocycles. The smallest absolute Gasteiger partial charge is 0.277 e. The van der Waals surface area contributed by atoms with E-state index in [1.54, 1.807) is 19.1 Å². The molecule has 0 atom stereocenters. The third kappa shape index (κ3) is 3.69. The van der Waals surface area contributed by atoms with E-state index >= 15 is 0 Å². The van der Waals surface area contributed by atoms with Crippen LogP contribution in [0.2, 0.25) is 0 Å². The summed E-state index contributed by atoms with van der Waals surface area (Å²) in [5.74, 6) is 0. The molecule has 0 fully saturated rings. The minimum Gasteiger partial charge on any atom is -0.277 e. The van der Waals surface area contributed by atoms with Crippen LogP contribution in [-0.4, -0.2) is 18.2 Å². The summed E-state index contributed by atoms with van der Waals surface area (Å²) in [5, 5.41) is 3.95. The molecular weight excluding hydrogens is 375 g/mol. The minimum atomic E-state index is -4.59. The van der Waals surface area contributed by atoms with E-state index in [-0.39, 0.29) is 15.6 Å². The zero-order valence-corrected chi connectivity index (χ0v) is 14.4. The van der Waals surface area contributed by atoms with Crippen molar-refractivity contribution in [3.8, 4) is 5.69 Å². The first-order valence-electron chi connectivity index (χ1n) is 6.97. The fourth-order valence-electron chi connectivity index (χ4n) is 2.16. The number of halogens is 3. The van der Waals surface area contributed by atoms with Gasteiger partial charge in [0.1, 0.15) is 4.21 Å². The van der Waals surface area contributed by atoms with Gasteiger partial charge in [0.15, 0.2) is 0 Å². The van der Waals surface area contributed by atoms with Crippen LogP contribution in [0.5, 0.6) is 0 Å². The van der Waals surface area contributed by atoms with Crippen LogP contribution in [0.15, 0.2) is 53.0 Å². The number of hydrogen-bond acceptors (Lipinski definition) is 4. The molecule has 0 radical (unpaired) electrons. The lowest BCUT2D eigenvalue weighted by Crippen LogP contribution is -2.15. The Morgan fingerprint density at radius 2 is 1.96 bits per heavy atom. The van der Waals surface area contributed by atoms with Crippen LogP contribution in [0.3, 0.4) is 0 Å². The van der Waals surface area contributed by atoms with Gasteiger partial charge in [-0.15, -0.1) is 11.3 Å². The summed E-state index contributed by atoms with van der Waals surface area (Å²) in [7, 11) is -4.01. The molecule has 0 bridgehead atoms. The lowest BCUT2D eigenvalue weighted by molar-refractivity contribution is -0.137. The Kier molecular flexibility index (Phi) is 4.33. The Balaban J connectivity index is 2.09. The van der Waals surface area contributed by atoms with Gasteiger partial charge in [0.05, 0.1) is 16.9 Å². The van der Waals surface area contributed by atoms with Crippen LogP contribution in [0.25, 0.3) is 5.69 Å². The van der Waals surface area contributed by atoms with Crippen molar-refractivity contribution in [3.05, 3.63) is 59.2 Å². The second kappa shape index (κ2) is 6.19. The van der Waals surface area contributed by atoms with Gasteiger partial charge in [-0.05, 0) is 43.3 Å². The second-order valence-electron chi connectivity index (χ2n) is 5.15. The Bertz CT molecular complexity index is 993. The van der Waals surface area contributed by atoms with Gasteiger partial charge in [-0.25, -0.2) is 13.1 Å². The summed E-state index contributed by atoms with van der Waals surface area (Å²) in [6.45, 7) is 1.74. The maximum atomic E-state index is 13.0. The Morgan fingerprint density at radius 1 is 1.20 bits per heavy atom. The van der Waals surface area contributed by atoms with Crippen LogP contribution in [0.4, 0.5) is 18.9 Å². The molecule has 1 N–H and O–H groups in total. The van der Waals surface area contributed by atoms with E-state index in [9.17, 15) is 21.6 Å². The highest BCUT2D eigenvalue weighted by atomic mass is 32.2. The van der Waals surface area contributed by atoms with Crippen LogP contribution >= 0.6 is 11.3 Å². The number of aromatic nitrogens is 2. The van der Waals surface area contributed by atoms with Crippen molar-refractivity contribution in [2.45, 2.75) is 17.3 Å². The topological polar surface area (TPSA) is 64.0 Å². The van der Waals surface area contributed by atoms with Gasteiger partial charge in [0.2, 0.25) is 0 Å². The molecule has 10 heteroatoms. The molecule has 2 aromatic heterocycles. The molecule has 3 aromatic rings. The van der Waals surface area contributed by atoms with Crippen molar-refractivity contribution in [1.82, 2.24) is 9.78 Å². The number of benzene rings is 1. The van der Waals surface area contributed by atoms with E-state index < -0.39 is 21.8 Å². The first-order valence-corrected chi connectivity index (χ1v) is 9.27. The van der Waals surface area contributed by atoms with Crippen molar-refractivity contribution in [1.29, 1.82) is 0 Å². The highest BCUT2D eigenvalue weighted by molar-refractivity contribution is 7.94. The summed E-state index contributed by atoms with van der Waals surface area (Å²) in [6, 6.07) is 7.42. The summed E-state index contributed by atoms with van der Waals surface area (Å²) < 4.78 is 67.5. The Hall–Kier alpha value is -2.33. The van der Waals surface area contributed by atoms with Crippen LogP contribution in [-0.2, 0) is 16.2 Å². The first kappa shape index (κ1) is 17.5. The quantitative estimate of drug-likeness (QED) is 0.734. The lowest BCUT2D eigenvalue weighted by atomic mass is 10.1. The van der Waals surface area contributed by atoms with E-state index in [1.807, 2.05) is 0 Å². The zero-order valence-electron chi connectivity index (χ0n) is 12.8. The molecule has 5 nitrogen and oxygen atoms in total. The summed E-state index contributed by atoms with van der Waals surface area (Å²) in [4.78, 5) is 0.775. The van der Waals surface area contributed by atoms with Gasteiger partial charge in [-0.2, -0.15) is 18.3 Å². The summed E-state index contributed by atoms with van der Waals surface area (Å²) in [5.41, 5.74) is -0.970. The number of rotatable bonds is 4. The Labute approximate surface area is 145 Å². The molecule has 2 heterocycles. The van der Waals surface area contributed by atoms with Gasteiger partial charge in [-0.3, -0.25) is 4.72 Å². The van der Waals surface area contributed by atoms with E-state index in [0.29, 0.717) is 0 Å². The molecule has 3 rings (SSSR count). The lowest BCUT2D eigenvalue weighted by Gasteiger charge is -2.15. The highest BCUT2D eigenvalue weighted by Gasteiger charge is 2.32. The van der Waals surface area contributed by atoms with Crippen molar-refractivity contribution < 1.29 is 21.6 Å². The monoisotopic (exact) mass is 387 g/mol. The normalized spacial score (nSPS) is 12.3. The first-order chi connectivity index (χ1) is 11.7. The molecule has 0 amide bonds. The molecule has 132 valence electrons. The fraction of sp³-hybridized carbons (Fsp3) is 0.133. The number of sulfonamides is 1. The van der Waals surface area contributed by atoms with E-state index in [4.69, 9.17) is 0 Å². The van der Waals surface area contributed by atoms with Crippen molar-refractivity contribution in [2.24, 2.45) is 0 Å². The molecule has 0 aliphatic heterocycles. The molecule has 0 aliphatic carbocycles. The number of aryl methyl sites for hydroxylation is 1. The average Bonchev–Trinajstić information content (AvgIpc) is 3.17. The van der Waals surface area contributed by atoms with Crippen molar-refractivity contribution in [3.63, 3.8) is 0 Å². The summed E-state index contributed by atoms with van der Waals surface area (Å²) in [6.07, 6.45) is -1.64. The van der Waals surface area contributed by atoms with Gasteiger partial charge in [-0.1, -0.05) is 0 Å². The SMILES string of the molecule is Cc1ccc(S(=O)(=O)Nc2cc(C(F)(F)F)ccc2-n2cccn2)s1. The third-order valence-electron chi connectivity index (χ3n) is 3.30. The molecular formula is C15H12F3N3O2S2. The minimum absolute atomic E-state index is 0.0221.